The van der Waals surface area contributed by atoms with Crippen molar-refractivity contribution in [3.05, 3.63) is 30.5 Å². The second-order valence-corrected chi connectivity index (χ2v) is 8.85. The third-order valence-corrected chi connectivity index (χ3v) is 2.66. The molecular formula is C11H14N2OSi. The van der Waals surface area contributed by atoms with Gasteiger partial charge in [-0.15, -0.1) is 0 Å². The summed E-state index contributed by atoms with van der Waals surface area (Å²) in [6.07, 6.45) is 1.80. The van der Waals surface area contributed by atoms with E-state index in [1.807, 2.05) is 24.3 Å². The lowest BCUT2D eigenvalue weighted by atomic mass is 10.2. The predicted octanol–water partition coefficient (Wildman–Crippen LogP) is 2.84. The molecule has 0 aliphatic carbocycles. The highest BCUT2D eigenvalue weighted by Gasteiger charge is 2.17. The van der Waals surface area contributed by atoms with Gasteiger partial charge in [0, 0.05) is 11.6 Å². The molecular weight excluding hydrogens is 204 g/mol. The molecule has 0 aliphatic heterocycles. The lowest BCUT2D eigenvalue weighted by Crippen LogP contribution is -2.30. The van der Waals surface area contributed by atoms with Crippen molar-refractivity contribution in [2.45, 2.75) is 19.6 Å². The van der Waals surface area contributed by atoms with Gasteiger partial charge < -0.3 is 4.43 Å². The van der Waals surface area contributed by atoms with Gasteiger partial charge in [-0.1, -0.05) is 18.2 Å². The molecule has 0 unspecified atom stereocenters. The van der Waals surface area contributed by atoms with Crippen molar-refractivity contribution in [3.8, 4) is 6.01 Å². The maximum atomic E-state index is 5.73. The van der Waals surface area contributed by atoms with Gasteiger partial charge in [0.15, 0.2) is 0 Å². The summed E-state index contributed by atoms with van der Waals surface area (Å²) in [5.41, 5.74) is 0.931. The van der Waals surface area contributed by atoms with E-state index in [0.717, 1.165) is 10.9 Å². The third-order valence-electron chi connectivity index (χ3n) is 1.86. The fourth-order valence-corrected chi connectivity index (χ4v) is 1.92. The van der Waals surface area contributed by atoms with Crippen LogP contribution in [0.4, 0.5) is 0 Å². The number of hydrogen-bond donors (Lipinski definition) is 0. The fraction of sp³-hybridized carbons (Fsp3) is 0.273. The smallest absolute Gasteiger partial charge is 0.303 e. The van der Waals surface area contributed by atoms with Crippen LogP contribution in [-0.4, -0.2) is 18.3 Å². The quantitative estimate of drug-likeness (QED) is 0.727. The lowest BCUT2D eigenvalue weighted by Gasteiger charge is -2.16. The minimum atomic E-state index is -1.61. The highest BCUT2D eigenvalue weighted by Crippen LogP contribution is 2.15. The molecule has 1 heterocycles. The van der Waals surface area contributed by atoms with Crippen molar-refractivity contribution in [1.29, 1.82) is 0 Å². The Kier molecular flexibility index (Phi) is 2.44. The maximum absolute atomic E-state index is 5.73. The molecule has 0 N–H and O–H groups in total. The number of nitrogens with zero attached hydrogens (tertiary/aromatic N) is 2. The van der Waals surface area contributed by atoms with Crippen molar-refractivity contribution in [2.75, 3.05) is 0 Å². The average molecular weight is 218 g/mol. The van der Waals surface area contributed by atoms with Crippen molar-refractivity contribution >= 4 is 19.2 Å². The number of fused-ring (bicyclic) bond motifs is 1. The normalized spacial score (nSPS) is 11.7. The topological polar surface area (TPSA) is 35.0 Å². The van der Waals surface area contributed by atoms with Gasteiger partial charge in [-0.2, -0.15) is 4.98 Å². The van der Waals surface area contributed by atoms with E-state index in [1.165, 1.54) is 0 Å². The second kappa shape index (κ2) is 3.62. The summed E-state index contributed by atoms with van der Waals surface area (Å²) in [6, 6.07) is 8.40. The Morgan fingerprint density at radius 3 is 2.60 bits per heavy atom. The third kappa shape index (κ3) is 2.53. The molecule has 2 rings (SSSR count). The summed E-state index contributed by atoms with van der Waals surface area (Å²) >= 11 is 0. The molecule has 0 aliphatic rings. The highest BCUT2D eigenvalue weighted by molar-refractivity contribution is 6.70. The zero-order valence-corrected chi connectivity index (χ0v) is 10.2. The van der Waals surface area contributed by atoms with Crippen molar-refractivity contribution in [1.82, 2.24) is 9.97 Å². The first-order chi connectivity index (χ1) is 7.04. The molecule has 1 aromatic carbocycles. The molecule has 0 bridgehead atoms. The zero-order chi connectivity index (χ0) is 10.9. The van der Waals surface area contributed by atoms with Gasteiger partial charge >= 0.3 is 6.01 Å². The van der Waals surface area contributed by atoms with Crippen LogP contribution in [0, 0.1) is 0 Å². The van der Waals surface area contributed by atoms with Crippen LogP contribution in [-0.2, 0) is 0 Å². The zero-order valence-electron chi connectivity index (χ0n) is 9.19. The van der Waals surface area contributed by atoms with Gasteiger partial charge in [0.25, 0.3) is 0 Å². The van der Waals surface area contributed by atoms with E-state index in [1.54, 1.807) is 6.20 Å². The number of hydrogen-bond acceptors (Lipinski definition) is 3. The standard InChI is InChI=1S/C11H14N2OSi/c1-15(2,3)14-11-12-8-9-6-4-5-7-10(9)13-11/h4-8H,1-3H3. The Bertz CT molecular complexity index is 479. The number of aromatic nitrogens is 2. The molecule has 0 radical (unpaired) electrons. The second-order valence-electron chi connectivity index (χ2n) is 4.43. The molecule has 0 fully saturated rings. The van der Waals surface area contributed by atoms with Crippen LogP contribution in [0.5, 0.6) is 6.01 Å². The van der Waals surface area contributed by atoms with Crippen LogP contribution in [0.15, 0.2) is 30.5 Å². The average Bonchev–Trinajstić information content (AvgIpc) is 2.15. The SMILES string of the molecule is C[Si](C)(C)Oc1ncc2ccccc2n1. The van der Waals surface area contributed by atoms with E-state index in [-0.39, 0.29) is 0 Å². The Morgan fingerprint density at radius 1 is 1.13 bits per heavy atom. The van der Waals surface area contributed by atoms with E-state index in [2.05, 4.69) is 29.6 Å². The minimum absolute atomic E-state index is 0.493. The molecule has 0 saturated carbocycles. The first-order valence-electron chi connectivity index (χ1n) is 4.95. The van der Waals surface area contributed by atoms with Crippen LogP contribution >= 0.6 is 0 Å². The molecule has 0 amide bonds. The predicted molar refractivity (Wildman–Crippen MR) is 63.5 cm³/mol. The molecule has 1 aromatic heterocycles. The van der Waals surface area contributed by atoms with Crippen LogP contribution in [0.3, 0.4) is 0 Å². The summed E-state index contributed by atoms with van der Waals surface area (Å²) in [4.78, 5) is 8.56. The van der Waals surface area contributed by atoms with E-state index in [9.17, 15) is 0 Å². The minimum Gasteiger partial charge on any atom is -0.518 e. The molecule has 0 spiro atoms. The monoisotopic (exact) mass is 218 g/mol. The van der Waals surface area contributed by atoms with Gasteiger partial charge in [0.2, 0.25) is 8.32 Å². The van der Waals surface area contributed by atoms with Gasteiger partial charge in [-0.3, -0.25) is 0 Å². The molecule has 78 valence electrons. The summed E-state index contributed by atoms with van der Waals surface area (Å²) in [5, 5.41) is 1.04. The van der Waals surface area contributed by atoms with Crippen LogP contribution in [0.2, 0.25) is 19.6 Å². The lowest BCUT2D eigenvalue weighted by molar-refractivity contribution is 0.512. The fourth-order valence-electron chi connectivity index (χ4n) is 1.28. The van der Waals surface area contributed by atoms with Gasteiger partial charge in [-0.05, 0) is 25.7 Å². The molecule has 0 saturated heterocycles. The molecule has 15 heavy (non-hydrogen) atoms. The van der Waals surface area contributed by atoms with Crippen LogP contribution < -0.4 is 4.43 Å². The van der Waals surface area contributed by atoms with Crippen LogP contribution in [0.25, 0.3) is 10.9 Å². The van der Waals surface area contributed by atoms with Gasteiger partial charge in [0.05, 0.1) is 5.52 Å². The molecule has 4 heteroatoms. The summed E-state index contributed by atoms with van der Waals surface area (Å²) < 4.78 is 5.73. The molecule has 3 nitrogen and oxygen atoms in total. The number of rotatable bonds is 2. The van der Waals surface area contributed by atoms with Gasteiger partial charge in [0.1, 0.15) is 0 Å². The molecule has 2 aromatic rings. The maximum Gasteiger partial charge on any atom is 0.303 e. The number of benzene rings is 1. The first-order valence-corrected chi connectivity index (χ1v) is 8.36. The van der Waals surface area contributed by atoms with E-state index >= 15 is 0 Å². The largest absolute Gasteiger partial charge is 0.518 e. The van der Waals surface area contributed by atoms with Crippen molar-refractivity contribution < 1.29 is 4.43 Å². The summed E-state index contributed by atoms with van der Waals surface area (Å²) in [6.45, 7) is 6.35. The van der Waals surface area contributed by atoms with E-state index in [0.29, 0.717) is 6.01 Å². The first kappa shape index (κ1) is 10.1. The van der Waals surface area contributed by atoms with E-state index < -0.39 is 8.32 Å². The summed E-state index contributed by atoms with van der Waals surface area (Å²) in [5.74, 6) is 0. The van der Waals surface area contributed by atoms with Crippen LogP contribution in [0.1, 0.15) is 0 Å². The Balaban J connectivity index is 2.39. The Morgan fingerprint density at radius 2 is 1.87 bits per heavy atom. The molecule has 0 atom stereocenters. The Labute approximate surface area is 90.3 Å². The summed E-state index contributed by atoms with van der Waals surface area (Å²) in [7, 11) is -1.61. The number of para-hydroxylation sites is 1. The van der Waals surface area contributed by atoms with Gasteiger partial charge in [-0.25, -0.2) is 4.98 Å². The van der Waals surface area contributed by atoms with E-state index in [4.69, 9.17) is 4.43 Å². The van der Waals surface area contributed by atoms with Crippen molar-refractivity contribution in [3.63, 3.8) is 0 Å². The van der Waals surface area contributed by atoms with Crippen molar-refractivity contribution in [2.24, 2.45) is 0 Å². The highest BCUT2D eigenvalue weighted by atomic mass is 28.4. The Hall–Kier alpha value is -1.42.